The molecule has 1 heterocycles. The normalized spacial score (nSPS) is 10.5. The van der Waals surface area contributed by atoms with Gasteiger partial charge in [-0.2, -0.15) is 5.26 Å². The van der Waals surface area contributed by atoms with Crippen molar-refractivity contribution in [3.8, 4) is 6.07 Å². The van der Waals surface area contributed by atoms with Crippen molar-refractivity contribution in [3.63, 3.8) is 0 Å². The van der Waals surface area contributed by atoms with E-state index < -0.39 is 0 Å². The molecule has 92 valence electrons. The number of aryl methyl sites for hydroxylation is 1. The highest BCUT2D eigenvalue weighted by molar-refractivity contribution is 5.27. The minimum Gasteiger partial charge on any atom is -0.379 e. The van der Waals surface area contributed by atoms with Crippen LogP contribution in [0, 0.1) is 24.2 Å². The summed E-state index contributed by atoms with van der Waals surface area (Å²) in [5.74, 6) is 0.485. The summed E-state index contributed by atoms with van der Waals surface area (Å²) >= 11 is 0. The summed E-state index contributed by atoms with van der Waals surface area (Å²) in [4.78, 5) is 11.8. The van der Waals surface area contributed by atoms with Crippen molar-refractivity contribution >= 4 is 0 Å². The molecule has 1 rings (SSSR count). The maximum Gasteiger partial charge on any atom is 0.268 e. The van der Waals surface area contributed by atoms with Crippen LogP contribution in [0.3, 0.4) is 0 Å². The summed E-state index contributed by atoms with van der Waals surface area (Å²) in [6, 6.07) is 5.24. The van der Waals surface area contributed by atoms with Gasteiger partial charge in [-0.15, -0.1) is 0 Å². The monoisotopic (exact) mass is 234 g/mol. The number of aromatic nitrogens is 1. The highest BCUT2D eigenvalue weighted by Crippen LogP contribution is 1.98. The summed E-state index contributed by atoms with van der Waals surface area (Å²) < 4.78 is 7.02. The maximum absolute atomic E-state index is 11.8. The zero-order valence-corrected chi connectivity index (χ0v) is 10.6. The molecule has 1 aromatic rings. The second-order valence-electron chi connectivity index (χ2n) is 4.43. The first-order valence-corrected chi connectivity index (χ1v) is 5.74. The van der Waals surface area contributed by atoms with Crippen LogP contribution in [0.1, 0.15) is 25.1 Å². The zero-order chi connectivity index (χ0) is 12.8. The summed E-state index contributed by atoms with van der Waals surface area (Å²) in [5.41, 5.74) is 0.794. The SMILES string of the molecule is Cc1ccc(C#N)c(=O)n1CCOCC(C)C. The number of rotatable bonds is 5. The molecule has 0 aliphatic carbocycles. The first-order valence-electron chi connectivity index (χ1n) is 5.74. The first kappa shape index (κ1) is 13.5. The molecule has 0 bridgehead atoms. The molecule has 0 radical (unpaired) electrons. The number of pyridine rings is 1. The molecular weight excluding hydrogens is 216 g/mol. The van der Waals surface area contributed by atoms with Crippen molar-refractivity contribution < 1.29 is 4.74 Å². The lowest BCUT2D eigenvalue weighted by molar-refractivity contribution is 0.102. The fourth-order valence-electron chi connectivity index (χ4n) is 1.51. The van der Waals surface area contributed by atoms with Gasteiger partial charge in [-0.1, -0.05) is 13.8 Å². The number of ether oxygens (including phenoxy) is 1. The Kier molecular flexibility index (Phi) is 4.92. The Morgan fingerprint density at radius 1 is 1.47 bits per heavy atom. The van der Waals surface area contributed by atoms with Crippen LogP contribution in [0.5, 0.6) is 0 Å². The first-order chi connectivity index (χ1) is 8.06. The molecule has 0 N–H and O–H groups in total. The van der Waals surface area contributed by atoms with Crippen LogP contribution < -0.4 is 5.56 Å². The van der Waals surface area contributed by atoms with Gasteiger partial charge in [0.15, 0.2) is 0 Å². The third-order valence-corrected chi connectivity index (χ3v) is 2.42. The van der Waals surface area contributed by atoms with E-state index in [1.165, 1.54) is 0 Å². The molecule has 0 fully saturated rings. The van der Waals surface area contributed by atoms with E-state index in [1.807, 2.05) is 13.0 Å². The van der Waals surface area contributed by atoms with Crippen LogP contribution in [0.4, 0.5) is 0 Å². The second-order valence-corrected chi connectivity index (χ2v) is 4.43. The smallest absolute Gasteiger partial charge is 0.268 e. The average molecular weight is 234 g/mol. The molecule has 1 aromatic heterocycles. The van der Waals surface area contributed by atoms with Gasteiger partial charge >= 0.3 is 0 Å². The Labute approximate surface area is 101 Å². The minimum absolute atomic E-state index is 0.180. The van der Waals surface area contributed by atoms with E-state index >= 15 is 0 Å². The zero-order valence-electron chi connectivity index (χ0n) is 10.6. The van der Waals surface area contributed by atoms with Gasteiger partial charge in [0.2, 0.25) is 0 Å². The average Bonchev–Trinajstić information content (AvgIpc) is 2.27. The molecule has 4 heteroatoms. The van der Waals surface area contributed by atoms with Gasteiger partial charge in [0.1, 0.15) is 11.6 Å². The molecule has 17 heavy (non-hydrogen) atoms. The third-order valence-electron chi connectivity index (χ3n) is 2.42. The van der Waals surface area contributed by atoms with E-state index in [0.29, 0.717) is 25.7 Å². The lowest BCUT2D eigenvalue weighted by Crippen LogP contribution is -2.26. The molecule has 0 aliphatic rings. The fourth-order valence-corrected chi connectivity index (χ4v) is 1.51. The van der Waals surface area contributed by atoms with Crippen LogP contribution in [0.25, 0.3) is 0 Å². The largest absolute Gasteiger partial charge is 0.379 e. The lowest BCUT2D eigenvalue weighted by Gasteiger charge is -2.11. The molecule has 0 aromatic carbocycles. The number of nitriles is 1. The van der Waals surface area contributed by atoms with Gasteiger partial charge in [-0.3, -0.25) is 4.79 Å². The Bertz CT molecular complexity index is 469. The van der Waals surface area contributed by atoms with Crippen LogP contribution in [-0.4, -0.2) is 17.8 Å². The Morgan fingerprint density at radius 3 is 2.76 bits per heavy atom. The number of nitrogens with zero attached hydrogens (tertiary/aromatic N) is 2. The maximum atomic E-state index is 11.8. The predicted octanol–water partition coefficient (Wildman–Crippen LogP) is 1.70. The molecule has 0 atom stereocenters. The van der Waals surface area contributed by atoms with E-state index in [9.17, 15) is 4.79 Å². The highest BCUT2D eigenvalue weighted by Gasteiger charge is 2.05. The number of hydrogen-bond acceptors (Lipinski definition) is 3. The third kappa shape index (κ3) is 3.72. The minimum atomic E-state index is -0.236. The molecule has 0 aliphatic heterocycles. The van der Waals surface area contributed by atoms with Crippen molar-refractivity contribution in [1.29, 1.82) is 5.26 Å². The molecule has 0 spiro atoms. The summed E-state index contributed by atoms with van der Waals surface area (Å²) in [6.07, 6.45) is 0. The molecular formula is C13H18N2O2. The van der Waals surface area contributed by atoms with Crippen LogP contribution in [0.2, 0.25) is 0 Å². The van der Waals surface area contributed by atoms with E-state index in [2.05, 4.69) is 13.8 Å². The van der Waals surface area contributed by atoms with Gasteiger partial charge in [0, 0.05) is 18.8 Å². The van der Waals surface area contributed by atoms with Crippen LogP contribution >= 0.6 is 0 Å². The fraction of sp³-hybridized carbons (Fsp3) is 0.538. The Hall–Kier alpha value is -1.60. The van der Waals surface area contributed by atoms with Crippen molar-refractivity contribution in [2.45, 2.75) is 27.3 Å². The lowest BCUT2D eigenvalue weighted by atomic mass is 10.2. The molecule has 4 nitrogen and oxygen atoms in total. The van der Waals surface area contributed by atoms with Crippen molar-refractivity contribution in [2.24, 2.45) is 5.92 Å². The summed E-state index contributed by atoms with van der Waals surface area (Å²) in [7, 11) is 0. The number of hydrogen-bond donors (Lipinski definition) is 0. The Balaban J connectivity index is 2.71. The van der Waals surface area contributed by atoms with Gasteiger partial charge in [0.25, 0.3) is 5.56 Å². The highest BCUT2D eigenvalue weighted by atomic mass is 16.5. The van der Waals surface area contributed by atoms with Crippen molar-refractivity contribution in [1.82, 2.24) is 4.57 Å². The van der Waals surface area contributed by atoms with Crippen molar-refractivity contribution in [2.75, 3.05) is 13.2 Å². The standard InChI is InChI=1S/C13H18N2O2/c1-10(2)9-17-7-6-15-11(3)4-5-12(8-14)13(15)16/h4-5,10H,6-7,9H2,1-3H3. The summed E-state index contributed by atoms with van der Waals surface area (Å²) in [5, 5.41) is 8.78. The Morgan fingerprint density at radius 2 is 2.18 bits per heavy atom. The summed E-state index contributed by atoms with van der Waals surface area (Å²) in [6.45, 7) is 7.68. The van der Waals surface area contributed by atoms with Gasteiger partial charge in [0.05, 0.1) is 6.61 Å². The second kappa shape index (κ2) is 6.21. The van der Waals surface area contributed by atoms with E-state index in [0.717, 1.165) is 5.69 Å². The quantitative estimate of drug-likeness (QED) is 0.729. The molecule has 0 saturated carbocycles. The van der Waals surface area contributed by atoms with E-state index in [4.69, 9.17) is 10.00 Å². The molecule has 0 amide bonds. The molecule has 0 unspecified atom stereocenters. The van der Waals surface area contributed by atoms with Gasteiger partial charge in [-0.25, -0.2) is 0 Å². The van der Waals surface area contributed by atoms with Gasteiger partial charge in [-0.05, 0) is 25.0 Å². The predicted molar refractivity (Wildman–Crippen MR) is 65.8 cm³/mol. The van der Waals surface area contributed by atoms with Crippen LogP contribution in [0.15, 0.2) is 16.9 Å². The van der Waals surface area contributed by atoms with Gasteiger partial charge < -0.3 is 9.30 Å². The van der Waals surface area contributed by atoms with Crippen LogP contribution in [-0.2, 0) is 11.3 Å². The molecule has 0 saturated heterocycles. The van der Waals surface area contributed by atoms with E-state index in [-0.39, 0.29) is 11.1 Å². The van der Waals surface area contributed by atoms with E-state index in [1.54, 1.807) is 16.7 Å². The van der Waals surface area contributed by atoms with Crippen molar-refractivity contribution in [3.05, 3.63) is 33.7 Å². The topological polar surface area (TPSA) is 55.0 Å².